The van der Waals surface area contributed by atoms with Crippen molar-refractivity contribution in [3.05, 3.63) is 24.6 Å². The number of aromatic nitrogens is 1. The van der Waals surface area contributed by atoms with Crippen LogP contribution in [0.5, 0.6) is 0 Å². The van der Waals surface area contributed by atoms with E-state index in [-0.39, 0.29) is 11.5 Å². The highest BCUT2D eigenvalue weighted by atomic mass is 16.3. The van der Waals surface area contributed by atoms with E-state index in [1.807, 2.05) is 18.3 Å². The summed E-state index contributed by atoms with van der Waals surface area (Å²) in [7, 11) is 0. The summed E-state index contributed by atoms with van der Waals surface area (Å²) in [6.45, 7) is 6.34. The number of pyridine rings is 1. The number of nitrogens with zero attached hydrogens (tertiary/aromatic N) is 2. The number of hydrogen-bond acceptors (Lipinski definition) is 4. The zero-order chi connectivity index (χ0) is 12.8. The van der Waals surface area contributed by atoms with Crippen LogP contribution in [-0.2, 0) is 0 Å². The molecular weight excluding hydrogens is 226 g/mol. The van der Waals surface area contributed by atoms with Gasteiger partial charge in [-0.15, -0.1) is 0 Å². The topological polar surface area (TPSA) is 55.3 Å². The van der Waals surface area contributed by atoms with Crippen molar-refractivity contribution in [2.75, 3.05) is 18.0 Å². The Kier molecular flexibility index (Phi) is 2.55. The van der Waals surface area contributed by atoms with Crippen LogP contribution in [0.3, 0.4) is 0 Å². The quantitative estimate of drug-likeness (QED) is 0.838. The first-order valence-electron chi connectivity index (χ1n) is 6.41. The Balaban J connectivity index is 1.98. The molecule has 1 saturated heterocycles. The van der Waals surface area contributed by atoms with E-state index in [2.05, 4.69) is 23.7 Å². The molecule has 96 valence electrons. The number of anilines is 1. The predicted molar refractivity (Wildman–Crippen MR) is 72.6 cm³/mol. The molecule has 0 aromatic carbocycles. The molecule has 4 heteroatoms. The molecule has 0 bridgehead atoms. The van der Waals surface area contributed by atoms with Crippen LogP contribution in [0.25, 0.3) is 11.0 Å². The Bertz CT molecular complexity index is 561. The number of fused-ring (bicyclic) bond motifs is 1. The highest BCUT2D eigenvalue weighted by Crippen LogP contribution is 2.33. The fraction of sp³-hybridized carbons (Fsp3) is 0.500. The van der Waals surface area contributed by atoms with E-state index in [1.54, 1.807) is 6.26 Å². The van der Waals surface area contributed by atoms with E-state index in [0.717, 1.165) is 36.3 Å². The molecule has 0 spiro atoms. The Morgan fingerprint density at radius 2 is 2.28 bits per heavy atom. The van der Waals surface area contributed by atoms with Crippen molar-refractivity contribution in [2.45, 2.75) is 26.3 Å². The van der Waals surface area contributed by atoms with Crippen molar-refractivity contribution in [1.82, 2.24) is 4.98 Å². The molecule has 4 nitrogen and oxygen atoms in total. The molecule has 0 amide bonds. The maximum Gasteiger partial charge on any atom is 0.139 e. The minimum Gasteiger partial charge on any atom is -0.464 e. The van der Waals surface area contributed by atoms with Crippen LogP contribution < -0.4 is 10.6 Å². The summed E-state index contributed by atoms with van der Waals surface area (Å²) >= 11 is 0. The molecule has 2 aromatic heterocycles. The second kappa shape index (κ2) is 3.99. The van der Waals surface area contributed by atoms with E-state index < -0.39 is 0 Å². The number of nitrogens with two attached hydrogens (primary N) is 1. The molecule has 3 rings (SSSR count). The lowest BCUT2D eigenvalue weighted by atomic mass is 9.79. The number of rotatable bonds is 1. The van der Waals surface area contributed by atoms with Gasteiger partial charge in [0.15, 0.2) is 0 Å². The van der Waals surface area contributed by atoms with Gasteiger partial charge in [-0.05, 0) is 24.0 Å². The minimum absolute atomic E-state index is 0.117. The van der Waals surface area contributed by atoms with Gasteiger partial charge in [0.1, 0.15) is 11.4 Å². The average molecular weight is 245 g/mol. The molecule has 2 N–H and O–H groups in total. The highest BCUT2D eigenvalue weighted by Gasteiger charge is 2.34. The van der Waals surface area contributed by atoms with Crippen LogP contribution in [-0.4, -0.2) is 24.1 Å². The van der Waals surface area contributed by atoms with Crippen molar-refractivity contribution in [1.29, 1.82) is 0 Å². The van der Waals surface area contributed by atoms with Gasteiger partial charge in [0.2, 0.25) is 0 Å². The van der Waals surface area contributed by atoms with Crippen LogP contribution in [0, 0.1) is 5.41 Å². The van der Waals surface area contributed by atoms with Crippen molar-refractivity contribution in [2.24, 2.45) is 11.1 Å². The normalized spacial score (nSPS) is 23.5. The van der Waals surface area contributed by atoms with Gasteiger partial charge in [-0.25, -0.2) is 4.98 Å². The van der Waals surface area contributed by atoms with Gasteiger partial charge >= 0.3 is 0 Å². The van der Waals surface area contributed by atoms with Crippen LogP contribution >= 0.6 is 0 Å². The first-order valence-corrected chi connectivity index (χ1v) is 6.41. The largest absolute Gasteiger partial charge is 0.464 e. The van der Waals surface area contributed by atoms with Crippen molar-refractivity contribution in [3.8, 4) is 0 Å². The zero-order valence-corrected chi connectivity index (χ0v) is 10.9. The van der Waals surface area contributed by atoms with Gasteiger partial charge in [-0.3, -0.25) is 0 Å². The monoisotopic (exact) mass is 245 g/mol. The summed E-state index contributed by atoms with van der Waals surface area (Å²) < 4.78 is 5.43. The van der Waals surface area contributed by atoms with Crippen LogP contribution in [0.1, 0.15) is 20.3 Å². The van der Waals surface area contributed by atoms with Crippen LogP contribution in [0.15, 0.2) is 29.0 Å². The molecule has 1 atom stereocenters. The number of furan rings is 1. The summed E-state index contributed by atoms with van der Waals surface area (Å²) in [6.07, 6.45) is 4.53. The van der Waals surface area contributed by atoms with Crippen molar-refractivity contribution < 1.29 is 4.42 Å². The lowest BCUT2D eigenvalue weighted by Crippen LogP contribution is -2.52. The number of hydrogen-bond donors (Lipinski definition) is 1. The summed E-state index contributed by atoms with van der Waals surface area (Å²) in [6, 6.07) is 4.15. The molecule has 0 aliphatic carbocycles. The maximum atomic E-state index is 6.18. The standard InChI is InChI=1S/C14H19N3O/c1-14(2)9-17(7-4-12(14)15)13-10-5-8-18-11(10)3-6-16-13/h3,5-6,8,12H,4,7,9,15H2,1-2H3. The van der Waals surface area contributed by atoms with E-state index in [0.29, 0.717) is 0 Å². The molecule has 18 heavy (non-hydrogen) atoms. The number of piperidine rings is 1. The average Bonchev–Trinajstić information content (AvgIpc) is 2.80. The van der Waals surface area contributed by atoms with Crippen molar-refractivity contribution in [3.63, 3.8) is 0 Å². The van der Waals surface area contributed by atoms with E-state index in [4.69, 9.17) is 10.2 Å². The van der Waals surface area contributed by atoms with Crippen molar-refractivity contribution >= 4 is 16.8 Å². The summed E-state index contributed by atoms with van der Waals surface area (Å²) in [5.41, 5.74) is 7.19. The van der Waals surface area contributed by atoms with Gasteiger partial charge < -0.3 is 15.1 Å². The van der Waals surface area contributed by atoms with Gasteiger partial charge in [0, 0.05) is 25.3 Å². The fourth-order valence-electron chi connectivity index (χ4n) is 2.69. The molecule has 1 aliphatic rings. The molecule has 1 fully saturated rings. The summed E-state index contributed by atoms with van der Waals surface area (Å²) in [5, 5.41) is 1.09. The third-order valence-corrected chi connectivity index (χ3v) is 3.97. The van der Waals surface area contributed by atoms with Gasteiger partial charge in [0.05, 0.1) is 11.6 Å². The maximum absolute atomic E-state index is 6.18. The summed E-state index contributed by atoms with van der Waals surface area (Å²) in [5.74, 6) is 1.02. The lowest BCUT2D eigenvalue weighted by Gasteiger charge is -2.43. The molecule has 1 aliphatic heterocycles. The third-order valence-electron chi connectivity index (χ3n) is 3.97. The van der Waals surface area contributed by atoms with Gasteiger partial charge in [0.25, 0.3) is 0 Å². The van der Waals surface area contributed by atoms with E-state index in [9.17, 15) is 0 Å². The smallest absolute Gasteiger partial charge is 0.139 e. The third kappa shape index (κ3) is 1.77. The Morgan fingerprint density at radius 3 is 3.06 bits per heavy atom. The summed E-state index contributed by atoms with van der Waals surface area (Å²) in [4.78, 5) is 6.84. The van der Waals surface area contributed by atoms with Crippen LogP contribution in [0.2, 0.25) is 0 Å². The molecular formula is C14H19N3O. The minimum atomic E-state index is 0.117. The Hall–Kier alpha value is -1.55. The van der Waals surface area contributed by atoms with Crippen LogP contribution in [0.4, 0.5) is 5.82 Å². The second-order valence-electron chi connectivity index (χ2n) is 5.77. The molecule has 3 heterocycles. The highest BCUT2D eigenvalue weighted by molar-refractivity contribution is 5.88. The zero-order valence-electron chi connectivity index (χ0n) is 10.9. The SMILES string of the molecule is CC1(C)CN(c2nccc3occc23)CCC1N. The Morgan fingerprint density at radius 1 is 1.44 bits per heavy atom. The molecule has 1 unspecified atom stereocenters. The first-order chi connectivity index (χ1) is 8.58. The molecule has 2 aromatic rings. The fourth-order valence-corrected chi connectivity index (χ4v) is 2.69. The Labute approximate surface area is 107 Å². The van der Waals surface area contributed by atoms with E-state index in [1.165, 1.54) is 0 Å². The molecule has 0 radical (unpaired) electrons. The van der Waals surface area contributed by atoms with Gasteiger partial charge in [-0.2, -0.15) is 0 Å². The van der Waals surface area contributed by atoms with Gasteiger partial charge in [-0.1, -0.05) is 13.8 Å². The second-order valence-corrected chi connectivity index (χ2v) is 5.77. The first kappa shape index (κ1) is 11.5. The molecule has 0 saturated carbocycles. The predicted octanol–water partition coefficient (Wildman–Crippen LogP) is 2.39. The van der Waals surface area contributed by atoms with E-state index >= 15 is 0 Å². The lowest BCUT2D eigenvalue weighted by molar-refractivity contribution is 0.244.